The molecule has 0 saturated heterocycles. The minimum Gasteiger partial charge on any atom is -0.490 e. The Labute approximate surface area is 127 Å². The van der Waals surface area contributed by atoms with Gasteiger partial charge in [-0.25, -0.2) is 4.98 Å². The largest absolute Gasteiger partial charge is 0.490 e. The summed E-state index contributed by atoms with van der Waals surface area (Å²) >= 11 is 1.29. The molecule has 0 aliphatic rings. The van der Waals surface area contributed by atoms with E-state index in [-0.39, 0.29) is 11.7 Å². The maximum atomic E-state index is 11.2. The predicted octanol–water partition coefficient (Wildman–Crippen LogP) is 2.63. The molecular weight excluding hydrogens is 292 g/mol. The lowest BCUT2D eigenvalue weighted by Crippen LogP contribution is -2.02. The van der Waals surface area contributed by atoms with Crippen LogP contribution in [0.4, 0.5) is 0 Å². The number of aromatic nitrogens is 2. The number of rotatable bonds is 7. The van der Waals surface area contributed by atoms with Crippen molar-refractivity contribution in [3.8, 4) is 11.5 Å². The number of benzene rings is 1. The van der Waals surface area contributed by atoms with Crippen LogP contribution in [0.15, 0.2) is 17.3 Å². The van der Waals surface area contributed by atoms with E-state index in [1.165, 1.54) is 18.9 Å². The van der Waals surface area contributed by atoms with E-state index >= 15 is 0 Å². The van der Waals surface area contributed by atoms with Crippen molar-refractivity contribution in [2.45, 2.75) is 19.0 Å². The summed E-state index contributed by atoms with van der Waals surface area (Å²) in [6, 6.07) is 3.70. The number of fused-ring (bicyclic) bond motifs is 1. The molecule has 1 N–H and O–H groups in total. The molecule has 0 saturated carbocycles. The molecule has 2 rings (SSSR count). The first-order chi connectivity index (χ1) is 10.2. The average Bonchev–Trinajstić information content (AvgIpc) is 2.87. The molecule has 0 amide bonds. The van der Waals surface area contributed by atoms with Gasteiger partial charge >= 0.3 is 5.97 Å². The summed E-state index contributed by atoms with van der Waals surface area (Å²) in [5, 5.41) is 0.659. The van der Waals surface area contributed by atoms with Crippen LogP contribution in [0.1, 0.15) is 13.8 Å². The van der Waals surface area contributed by atoms with Crippen LogP contribution in [0.25, 0.3) is 11.0 Å². The van der Waals surface area contributed by atoms with Gasteiger partial charge in [0.1, 0.15) is 0 Å². The number of aromatic amines is 1. The van der Waals surface area contributed by atoms with Gasteiger partial charge in [0.15, 0.2) is 16.7 Å². The highest BCUT2D eigenvalue weighted by molar-refractivity contribution is 7.99. The lowest BCUT2D eigenvalue weighted by Gasteiger charge is -2.10. The van der Waals surface area contributed by atoms with E-state index in [1.54, 1.807) is 0 Å². The van der Waals surface area contributed by atoms with E-state index in [2.05, 4.69) is 14.7 Å². The van der Waals surface area contributed by atoms with Gasteiger partial charge in [0.05, 0.1) is 37.1 Å². The number of carbonyl (C=O) groups excluding carboxylic acids is 1. The van der Waals surface area contributed by atoms with Crippen LogP contribution >= 0.6 is 11.8 Å². The highest BCUT2D eigenvalue weighted by Crippen LogP contribution is 2.33. The summed E-state index contributed by atoms with van der Waals surface area (Å²) in [6.45, 7) is 4.95. The zero-order valence-electron chi connectivity index (χ0n) is 12.3. The van der Waals surface area contributed by atoms with Crippen molar-refractivity contribution in [1.29, 1.82) is 0 Å². The van der Waals surface area contributed by atoms with Crippen LogP contribution in [-0.2, 0) is 9.53 Å². The number of nitrogens with one attached hydrogen (secondary N) is 1. The summed E-state index contributed by atoms with van der Waals surface area (Å²) in [5.41, 5.74) is 1.61. The van der Waals surface area contributed by atoms with Crippen LogP contribution in [0.2, 0.25) is 0 Å². The molecule has 1 heterocycles. The Bertz CT molecular complexity index is 584. The normalized spacial score (nSPS) is 10.6. The van der Waals surface area contributed by atoms with Crippen molar-refractivity contribution >= 4 is 28.8 Å². The third kappa shape index (κ3) is 3.81. The molecule has 0 aliphatic heterocycles. The van der Waals surface area contributed by atoms with Crippen LogP contribution in [0.5, 0.6) is 11.5 Å². The molecule has 114 valence electrons. The van der Waals surface area contributed by atoms with Gasteiger partial charge in [-0.05, 0) is 13.8 Å². The Morgan fingerprint density at radius 1 is 1.24 bits per heavy atom. The maximum Gasteiger partial charge on any atom is 0.316 e. The number of carbonyl (C=O) groups is 1. The second-order valence-corrected chi connectivity index (χ2v) is 5.05. The fraction of sp³-hybridized carbons (Fsp3) is 0.429. The van der Waals surface area contributed by atoms with Gasteiger partial charge in [0.25, 0.3) is 0 Å². The zero-order chi connectivity index (χ0) is 15.2. The lowest BCUT2D eigenvalue weighted by atomic mass is 10.2. The van der Waals surface area contributed by atoms with Crippen LogP contribution in [0.3, 0.4) is 0 Å². The molecule has 7 heteroatoms. The molecule has 0 fully saturated rings. The summed E-state index contributed by atoms with van der Waals surface area (Å²) < 4.78 is 15.7. The molecule has 1 aromatic heterocycles. The third-order valence-electron chi connectivity index (χ3n) is 2.68. The molecular formula is C14H18N2O4S. The first-order valence-corrected chi connectivity index (χ1v) is 7.65. The number of H-pyrrole nitrogens is 1. The van der Waals surface area contributed by atoms with E-state index in [9.17, 15) is 4.79 Å². The monoisotopic (exact) mass is 310 g/mol. The number of methoxy groups -OCH3 is 1. The van der Waals surface area contributed by atoms with E-state index in [0.29, 0.717) is 29.9 Å². The van der Waals surface area contributed by atoms with E-state index in [4.69, 9.17) is 9.47 Å². The summed E-state index contributed by atoms with van der Waals surface area (Å²) in [7, 11) is 1.37. The average molecular weight is 310 g/mol. The second-order valence-electron chi connectivity index (χ2n) is 4.09. The van der Waals surface area contributed by atoms with Crippen molar-refractivity contribution in [2.75, 3.05) is 26.1 Å². The van der Waals surface area contributed by atoms with Gasteiger partial charge in [-0.15, -0.1) is 0 Å². The summed E-state index contributed by atoms with van der Waals surface area (Å²) in [4.78, 5) is 18.7. The fourth-order valence-electron chi connectivity index (χ4n) is 1.79. The molecule has 6 nitrogen and oxygen atoms in total. The van der Waals surface area contributed by atoms with Gasteiger partial charge in [0, 0.05) is 12.1 Å². The van der Waals surface area contributed by atoms with Crippen LogP contribution < -0.4 is 9.47 Å². The first-order valence-electron chi connectivity index (χ1n) is 6.66. The van der Waals surface area contributed by atoms with Gasteiger partial charge in [0.2, 0.25) is 0 Å². The van der Waals surface area contributed by atoms with Crippen molar-refractivity contribution in [2.24, 2.45) is 0 Å². The molecule has 0 bridgehead atoms. The Balaban J connectivity index is 2.26. The van der Waals surface area contributed by atoms with Crippen molar-refractivity contribution < 1.29 is 19.0 Å². The Hall–Kier alpha value is -1.89. The maximum absolute atomic E-state index is 11.2. The molecule has 1 aromatic carbocycles. The molecule has 2 aromatic rings. The highest BCUT2D eigenvalue weighted by atomic mass is 32.2. The fourth-order valence-corrected chi connectivity index (χ4v) is 2.50. The van der Waals surface area contributed by atoms with Crippen LogP contribution in [0, 0.1) is 0 Å². The van der Waals surface area contributed by atoms with E-state index in [0.717, 1.165) is 11.0 Å². The van der Waals surface area contributed by atoms with Crippen molar-refractivity contribution in [3.63, 3.8) is 0 Å². The van der Waals surface area contributed by atoms with E-state index < -0.39 is 0 Å². The minimum absolute atomic E-state index is 0.215. The molecule has 0 radical (unpaired) electrons. The topological polar surface area (TPSA) is 73.4 Å². The third-order valence-corrected chi connectivity index (χ3v) is 3.53. The number of hydrogen-bond acceptors (Lipinski definition) is 6. The molecule has 0 aliphatic carbocycles. The number of nitrogens with zero attached hydrogens (tertiary/aromatic N) is 1. The second kappa shape index (κ2) is 7.21. The Morgan fingerprint density at radius 3 is 2.52 bits per heavy atom. The van der Waals surface area contributed by atoms with Crippen molar-refractivity contribution in [1.82, 2.24) is 9.97 Å². The van der Waals surface area contributed by atoms with Crippen LogP contribution in [-0.4, -0.2) is 42.0 Å². The number of ether oxygens (including phenoxy) is 3. The van der Waals surface area contributed by atoms with Gasteiger partial charge in [-0.2, -0.15) is 0 Å². The number of imidazole rings is 1. The highest BCUT2D eigenvalue weighted by Gasteiger charge is 2.12. The standard InChI is InChI=1S/C14H18N2O4S/c1-4-19-11-6-9-10(7-12(11)20-5-2)16-14(15-9)21-8-13(17)18-3/h6-7H,4-5,8H2,1-3H3,(H,15,16). The number of hydrogen-bond donors (Lipinski definition) is 1. The van der Waals surface area contributed by atoms with Gasteiger partial charge < -0.3 is 19.2 Å². The first kappa shape index (κ1) is 15.5. The van der Waals surface area contributed by atoms with Gasteiger partial charge in [-0.3, -0.25) is 4.79 Å². The predicted molar refractivity (Wildman–Crippen MR) is 81.2 cm³/mol. The SMILES string of the molecule is CCOc1cc2nc(SCC(=O)OC)[nH]c2cc1OCC. The quantitative estimate of drug-likeness (QED) is 0.626. The number of esters is 1. The van der Waals surface area contributed by atoms with E-state index in [1.807, 2.05) is 26.0 Å². The summed E-state index contributed by atoms with van der Waals surface area (Å²) in [6.07, 6.45) is 0. The molecule has 0 spiro atoms. The zero-order valence-corrected chi connectivity index (χ0v) is 13.1. The smallest absolute Gasteiger partial charge is 0.316 e. The number of thioether (sulfide) groups is 1. The molecule has 0 unspecified atom stereocenters. The molecule has 21 heavy (non-hydrogen) atoms. The molecule has 0 atom stereocenters. The Morgan fingerprint density at radius 2 is 1.90 bits per heavy atom. The summed E-state index contributed by atoms with van der Waals surface area (Å²) in [5.74, 6) is 1.28. The van der Waals surface area contributed by atoms with Gasteiger partial charge in [-0.1, -0.05) is 11.8 Å². The minimum atomic E-state index is -0.287. The van der Waals surface area contributed by atoms with Crippen molar-refractivity contribution in [3.05, 3.63) is 12.1 Å². The lowest BCUT2D eigenvalue weighted by molar-refractivity contribution is -0.137. The Kier molecular flexibility index (Phi) is 5.32.